The number of hydrogen-bond donors (Lipinski definition) is 1. The first kappa shape index (κ1) is 18.7. The van der Waals surface area contributed by atoms with Gasteiger partial charge in [0.05, 0.1) is 16.5 Å². The molecule has 4 rings (SSSR count). The highest BCUT2D eigenvalue weighted by atomic mass is 19.4. The van der Waals surface area contributed by atoms with E-state index < -0.39 is 11.7 Å². The van der Waals surface area contributed by atoms with Crippen molar-refractivity contribution >= 4 is 18.4 Å². The second kappa shape index (κ2) is 7.38. The summed E-state index contributed by atoms with van der Waals surface area (Å²) in [6.45, 7) is 0. The van der Waals surface area contributed by atoms with Gasteiger partial charge in [-0.3, -0.25) is 9.89 Å². The van der Waals surface area contributed by atoms with E-state index in [1.165, 1.54) is 12.1 Å². The third-order valence-electron chi connectivity index (χ3n) is 4.35. The molecule has 29 heavy (non-hydrogen) atoms. The maximum Gasteiger partial charge on any atom is 0.418 e. The standard InChI is InChI=1S/C21H14F3N3O2/c22-21(23,24)15-10-11-18(29-17-9-5-4-6-13(17)12-28)25-20(15)19-14-7-2-1-3-8-16(14)26-27-19/h1-2,4-12,26H,3H2. The van der Waals surface area contributed by atoms with Crippen LogP contribution in [0.1, 0.15) is 22.3 Å². The topological polar surface area (TPSA) is 67.9 Å². The molecule has 1 aliphatic carbocycles. The minimum absolute atomic E-state index is 0.0734. The van der Waals surface area contributed by atoms with Gasteiger partial charge in [-0.05, 0) is 24.6 Å². The van der Waals surface area contributed by atoms with Crippen LogP contribution in [0.25, 0.3) is 23.5 Å². The van der Waals surface area contributed by atoms with Crippen molar-refractivity contribution in [2.75, 3.05) is 0 Å². The average molecular weight is 397 g/mol. The number of H-pyrrole nitrogens is 1. The molecule has 0 saturated heterocycles. The Kier molecular flexibility index (Phi) is 4.75. The number of carbonyl (C=O) groups excluding carboxylic acids is 1. The largest absolute Gasteiger partial charge is 0.438 e. The van der Waals surface area contributed by atoms with Crippen molar-refractivity contribution in [2.45, 2.75) is 12.6 Å². The smallest absolute Gasteiger partial charge is 0.418 e. The molecule has 2 heterocycles. The van der Waals surface area contributed by atoms with Gasteiger partial charge in [-0.1, -0.05) is 36.4 Å². The number of carbonyl (C=O) groups is 1. The van der Waals surface area contributed by atoms with E-state index >= 15 is 0 Å². The van der Waals surface area contributed by atoms with E-state index in [0.717, 1.165) is 12.1 Å². The second-order valence-electron chi connectivity index (χ2n) is 6.24. The molecule has 0 radical (unpaired) electrons. The third-order valence-corrected chi connectivity index (χ3v) is 4.35. The minimum Gasteiger partial charge on any atom is -0.438 e. The molecule has 0 saturated carbocycles. The van der Waals surface area contributed by atoms with Crippen LogP contribution in [-0.4, -0.2) is 21.5 Å². The molecule has 0 amide bonds. The number of rotatable bonds is 4. The fourth-order valence-corrected chi connectivity index (χ4v) is 2.99. The Morgan fingerprint density at radius 2 is 1.93 bits per heavy atom. The van der Waals surface area contributed by atoms with Crippen molar-refractivity contribution in [2.24, 2.45) is 0 Å². The van der Waals surface area contributed by atoms with E-state index in [1.54, 1.807) is 24.3 Å². The number of ether oxygens (including phenoxy) is 1. The fraction of sp³-hybridized carbons (Fsp3) is 0.0952. The monoisotopic (exact) mass is 397 g/mol. The Labute approximate surface area is 162 Å². The molecule has 5 nitrogen and oxygen atoms in total. The number of fused-ring (bicyclic) bond motifs is 1. The van der Waals surface area contributed by atoms with Gasteiger partial charge in [-0.15, -0.1) is 0 Å². The molecule has 146 valence electrons. The lowest BCUT2D eigenvalue weighted by Crippen LogP contribution is -2.24. The first-order valence-corrected chi connectivity index (χ1v) is 8.69. The number of allylic oxidation sites excluding steroid dienone is 2. The van der Waals surface area contributed by atoms with Crippen molar-refractivity contribution < 1.29 is 22.7 Å². The molecule has 1 aliphatic rings. The summed E-state index contributed by atoms with van der Waals surface area (Å²) in [6, 6.07) is 8.40. The number of aromatic nitrogens is 3. The summed E-state index contributed by atoms with van der Waals surface area (Å²) >= 11 is 0. The highest BCUT2D eigenvalue weighted by molar-refractivity contribution is 5.79. The van der Waals surface area contributed by atoms with Crippen LogP contribution in [0.2, 0.25) is 0 Å². The number of aromatic amines is 1. The van der Waals surface area contributed by atoms with E-state index in [0.29, 0.717) is 23.3 Å². The number of hydrogen-bond acceptors (Lipinski definition) is 4. The molecule has 0 atom stereocenters. The van der Waals surface area contributed by atoms with E-state index in [4.69, 9.17) is 4.74 Å². The average Bonchev–Trinajstić information content (AvgIpc) is 2.95. The lowest BCUT2D eigenvalue weighted by molar-refractivity contribution is -0.137. The molecule has 1 N–H and O–H groups in total. The number of halogens is 3. The van der Waals surface area contributed by atoms with Crippen LogP contribution >= 0.6 is 0 Å². The van der Waals surface area contributed by atoms with Gasteiger partial charge in [0.2, 0.25) is 5.88 Å². The van der Waals surface area contributed by atoms with Crippen molar-refractivity contribution in [3.63, 3.8) is 0 Å². The highest BCUT2D eigenvalue weighted by Gasteiger charge is 2.36. The SMILES string of the molecule is O=Cc1ccccc1Oc1ccc(C(F)(F)F)c(-c2n[nH]c3c2=CC=CCC=3)n1. The maximum absolute atomic E-state index is 13.6. The summed E-state index contributed by atoms with van der Waals surface area (Å²) in [6.07, 6.45) is 3.77. The van der Waals surface area contributed by atoms with Gasteiger partial charge in [-0.25, -0.2) is 4.98 Å². The molecular weight excluding hydrogens is 383 g/mol. The number of aldehydes is 1. The highest BCUT2D eigenvalue weighted by Crippen LogP contribution is 2.36. The summed E-state index contributed by atoms with van der Waals surface area (Å²) in [7, 11) is 0. The van der Waals surface area contributed by atoms with E-state index in [1.807, 2.05) is 12.2 Å². The number of para-hydroxylation sites is 1. The van der Waals surface area contributed by atoms with Crippen LogP contribution in [0.3, 0.4) is 0 Å². The third kappa shape index (κ3) is 3.69. The predicted octanol–water partition coefficient (Wildman–Crippen LogP) is 3.62. The first-order valence-electron chi connectivity index (χ1n) is 8.69. The van der Waals surface area contributed by atoms with Gasteiger partial charge in [0.25, 0.3) is 0 Å². The van der Waals surface area contributed by atoms with Gasteiger partial charge in [0.15, 0.2) is 6.29 Å². The van der Waals surface area contributed by atoms with Crippen LogP contribution in [0.15, 0.2) is 48.6 Å². The number of benzene rings is 1. The van der Waals surface area contributed by atoms with Crippen LogP contribution in [0, 0.1) is 0 Å². The number of alkyl halides is 3. The summed E-state index contributed by atoms with van der Waals surface area (Å²) < 4.78 is 46.5. The van der Waals surface area contributed by atoms with Crippen molar-refractivity contribution in [3.8, 4) is 23.0 Å². The van der Waals surface area contributed by atoms with E-state index in [-0.39, 0.29) is 28.6 Å². The Hall–Kier alpha value is -3.68. The van der Waals surface area contributed by atoms with Crippen LogP contribution < -0.4 is 15.3 Å². The van der Waals surface area contributed by atoms with Gasteiger partial charge < -0.3 is 4.74 Å². The summed E-state index contributed by atoms with van der Waals surface area (Å²) in [5.74, 6) is 0.122. The van der Waals surface area contributed by atoms with Gasteiger partial charge in [-0.2, -0.15) is 18.3 Å². The predicted molar refractivity (Wildman–Crippen MR) is 101 cm³/mol. The number of nitrogens with zero attached hydrogens (tertiary/aromatic N) is 2. The minimum atomic E-state index is -4.63. The Balaban J connectivity index is 1.88. The van der Waals surface area contributed by atoms with Gasteiger partial charge in [0.1, 0.15) is 17.1 Å². The molecule has 0 unspecified atom stereocenters. The fourth-order valence-electron chi connectivity index (χ4n) is 2.99. The Bertz CT molecular complexity index is 1230. The molecule has 8 heteroatoms. The van der Waals surface area contributed by atoms with Crippen LogP contribution in [-0.2, 0) is 6.18 Å². The molecule has 0 spiro atoms. The second-order valence-corrected chi connectivity index (χ2v) is 6.24. The molecule has 0 fully saturated rings. The molecule has 0 aliphatic heterocycles. The Morgan fingerprint density at radius 3 is 2.72 bits per heavy atom. The first-order chi connectivity index (χ1) is 14.0. The van der Waals surface area contributed by atoms with Gasteiger partial charge in [0, 0.05) is 11.3 Å². The molecule has 3 aromatic rings. The number of pyridine rings is 1. The van der Waals surface area contributed by atoms with E-state index in [2.05, 4.69) is 15.2 Å². The quantitative estimate of drug-likeness (QED) is 0.683. The molecule has 2 aromatic heterocycles. The van der Waals surface area contributed by atoms with Crippen molar-refractivity contribution in [1.82, 2.24) is 15.2 Å². The van der Waals surface area contributed by atoms with Crippen molar-refractivity contribution in [3.05, 3.63) is 70.2 Å². The van der Waals surface area contributed by atoms with Crippen molar-refractivity contribution in [1.29, 1.82) is 0 Å². The lowest BCUT2D eigenvalue weighted by atomic mass is 10.1. The zero-order valence-corrected chi connectivity index (χ0v) is 14.9. The molecular formula is C21H14F3N3O2. The van der Waals surface area contributed by atoms with Crippen LogP contribution in [0.5, 0.6) is 11.6 Å². The zero-order valence-electron chi connectivity index (χ0n) is 14.9. The van der Waals surface area contributed by atoms with Gasteiger partial charge >= 0.3 is 6.18 Å². The lowest BCUT2D eigenvalue weighted by Gasteiger charge is -2.13. The number of nitrogens with one attached hydrogen (secondary N) is 1. The Morgan fingerprint density at radius 1 is 1.10 bits per heavy atom. The molecule has 1 aromatic carbocycles. The van der Waals surface area contributed by atoms with E-state index in [9.17, 15) is 18.0 Å². The summed E-state index contributed by atoms with van der Waals surface area (Å²) in [5.41, 5.74) is -0.942. The zero-order chi connectivity index (χ0) is 20.4. The molecule has 0 bridgehead atoms. The van der Waals surface area contributed by atoms with Crippen LogP contribution in [0.4, 0.5) is 13.2 Å². The normalized spacial score (nSPS) is 13.1. The summed E-state index contributed by atoms with van der Waals surface area (Å²) in [5, 5.41) is 7.97. The maximum atomic E-state index is 13.6. The summed E-state index contributed by atoms with van der Waals surface area (Å²) in [4.78, 5) is 15.3.